The van der Waals surface area contributed by atoms with Crippen molar-refractivity contribution in [2.24, 2.45) is 0 Å². The molecule has 0 unspecified atom stereocenters. The Labute approximate surface area is 163 Å². The average molecular weight is 393 g/mol. The number of ketones is 1. The molecule has 0 radical (unpaired) electrons. The molecular formula is C19H15N5O3S. The normalized spacial score (nSPS) is 15.2. The first-order valence-corrected chi connectivity index (χ1v) is 9.27. The van der Waals surface area contributed by atoms with Crippen LogP contribution in [0.4, 0.5) is 5.82 Å². The Morgan fingerprint density at radius 2 is 2.18 bits per heavy atom. The van der Waals surface area contributed by atoms with E-state index in [9.17, 15) is 9.59 Å². The maximum Gasteiger partial charge on any atom is 0.283 e. The highest BCUT2D eigenvalue weighted by Gasteiger charge is 2.16. The molecule has 3 heterocycles. The predicted molar refractivity (Wildman–Crippen MR) is 107 cm³/mol. The van der Waals surface area contributed by atoms with Gasteiger partial charge in [0.15, 0.2) is 5.76 Å². The van der Waals surface area contributed by atoms with E-state index in [0.717, 1.165) is 5.56 Å². The summed E-state index contributed by atoms with van der Waals surface area (Å²) in [5, 5.41) is 5.11. The summed E-state index contributed by atoms with van der Waals surface area (Å²) in [6.45, 7) is 2.16. The maximum atomic E-state index is 12.5. The number of nitrogens with two attached hydrogens (primary N) is 1. The minimum absolute atomic E-state index is 0.172. The summed E-state index contributed by atoms with van der Waals surface area (Å²) in [4.78, 5) is 32.9. The zero-order chi connectivity index (χ0) is 19.7. The van der Waals surface area contributed by atoms with Gasteiger partial charge in [-0.2, -0.15) is 14.6 Å². The number of hydrogen-bond acceptors (Lipinski definition) is 8. The molecule has 4 rings (SSSR count). The summed E-state index contributed by atoms with van der Waals surface area (Å²) in [6, 6.07) is 3.67. The summed E-state index contributed by atoms with van der Waals surface area (Å²) in [6.07, 6.45) is 9.48. The van der Waals surface area contributed by atoms with Gasteiger partial charge in [0.25, 0.3) is 5.56 Å². The van der Waals surface area contributed by atoms with Crippen LogP contribution in [-0.4, -0.2) is 32.0 Å². The van der Waals surface area contributed by atoms with E-state index in [1.54, 1.807) is 43.6 Å². The number of carbonyl (C=O) groups is 1. The number of ether oxygens (including phenoxy) is 1. The monoisotopic (exact) mass is 393 g/mol. The van der Waals surface area contributed by atoms with E-state index < -0.39 is 5.56 Å². The first-order chi connectivity index (χ1) is 13.6. The van der Waals surface area contributed by atoms with Crippen molar-refractivity contribution in [3.8, 4) is 10.6 Å². The second-order valence-corrected chi connectivity index (χ2v) is 6.80. The number of pyridine rings is 1. The number of carbonyl (C=O) groups excluding carboxylic acids is 1. The molecule has 0 saturated heterocycles. The molecule has 0 saturated carbocycles. The molecule has 3 aromatic rings. The summed E-state index contributed by atoms with van der Waals surface area (Å²) < 4.78 is 6.75. The van der Waals surface area contributed by atoms with Crippen LogP contribution >= 0.6 is 11.3 Å². The number of nitrogen functional groups attached to an aromatic ring is 1. The number of aromatic nitrogens is 4. The third-order valence-electron chi connectivity index (χ3n) is 3.98. The number of rotatable bonds is 4. The van der Waals surface area contributed by atoms with Crippen molar-refractivity contribution in [1.29, 1.82) is 0 Å². The molecule has 0 aliphatic heterocycles. The lowest BCUT2D eigenvalue weighted by molar-refractivity contribution is -0.114. The van der Waals surface area contributed by atoms with Crippen molar-refractivity contribution in [3.05, 3.63) is 70.0 Å². The van der Waals surface area contributed by atoms with Crippen molar-refractivity contribution in [3.63, 3.8) is 0 Å². The van der Waals surface area contributed by atoms with Crippen LogP contribution in [0.3, 0.4) is 0 Å². The fourth-order valence-corrected chi connectivity index (χ4v) is 3.56. The summed E-state index contributed by atoms with van der Waals surface area (Å²) in [5.41, 5.74) is 7.36. The van der Waals surface area contributed by atoms with E-state index in [0.29, 0.717) is 22.1 Å². The maximum absolute atomic E-state index is 12.5. The molecular weight excluding hydrogens is 378 g/mol. The minimum Gasteiger partial charge on any atom is -0.490 e. The van der Waals surface area contributed by atoms with Gasteiger partial charge in [-0.3, -0.25) is 14.6 Å². The van der Waals surface area contributed by atoms with Crippen LogP contribution in [0, 0.1) is 0 Å². The molecule has 9 heteroatoms. The predicted octanol–water partition coefficient (Wildman–Crippen LogP) is 2.24. The molecule has 0 fully saturated rings. The topological polar surface area (TPSA) is 112 Å². The van der Waals surface area contributed by atoms with Gasteiger partial charge in [-0.1, -0.05) is 17.4 Å². The Kier molecular flexibility index (Phi) is 4.58. The molecule has 3 aromatic heterocycles. The lowest BCUT2D eigenvalue weighted by atomic mass is 10.0. The Bertz CT molecular complexity index is 1220. The van der Waals surface area contributed by atoms with Crippen LogP contribution in [0.5, 0.6) is 0 Å². The van der Waals surface area contributed by atoms with Gasteiger partial charge in [-0.05, 0) is 42.9 Å². The Balaban J connectivity index is 1.81. The lowest BCUT2D eigenvalue weighted by Gasteiger charge is -2.10. The largest absolute Gasteiger partial charge is 0.490 e. The molecule has 0 atom stereocenters. The van der Waals surface area contributed by atoms with Gasteiger partial charge < -0.3 is 10.5 Å². The molecule has 140 valence electrons. The minimum atomic E-state index is -0.469. The van der Waals surface area contributed by atoms with Crippen LogP contribution in [0.2, 0.25) is 0 Å². The van der Waals surface area contributed by atoms with Gasteiger partial charge in [0.2, 0.25) is 10.7 Å². The van der Waals surface area contributed by atoms with Crippen LogP contribution in [-0.2, 0) is 9.53 Å². The first-order valence-electron chi connectivity index (χ1n) is 8.45. The third-order valence-corrected chi connectivity index (χ3v) is 4.94. The Morgan fingerprint density at radius 3 is 2.93 bits per heavy atom. The number of allylic oxidation sites excluding steroid dienone is 4. The van der Waals surface area contributed by atoms with E-state index in [1.807, 2.05) is 6.07 Å². The van der Waals surface area contributed by atoms with Crippen molar-refractivity contribution in [2.75, 3.05) is 12.3 Å². The smallest absolute Gasteiger partial charge is 0.283 e. The van der Waals surface area contributed by atoms with Crippen LogP contribution in [0.15, 0.2) is 58.9 Å². The molecule has 8 nitrogen and oxygen atoms in total. The van der Waals surface area contributed by atoms with Crippen molar-refractivity contribution in [1.82, 2.24) is 19.6 Å². The summed E-state index contributed by atoms with van der Waals surface area (Å²) >= 11 is 1.25. The first kappa shape index (κ1) is 17.8. The van der Waals surface area contributed by atoms with Gasteiger partial charge >= 0.3 is 0 Å². The van der Waals surface area contributed by atoms with Gasteiger partial charge in [0, 0.05) is 18.0 Å². The SMILES string of the molecule is CCOC1=CC(=Cc2c(N)n3nc(-c4cccnc4)sc3nc2=O)C=CC1=O. The summed E-state index contributed by atoms with van der Waals surface area (Å²) in [5.74, 6) is 0.167. The molecule has 0 amide bonds. The Hall–Kier alpha value is -3.59. The molecule has 0 aromatic carbocycles. The highest BCUT2D eigenvalue weighted by molar-refractivity contribution is 7.19. The van der Waals surface area contributed by atoms with E-state index in [4.69, 9.17) is 10.5 Å². The van der Waals surface area contributed by atoms with E-state index in [-0.39, 0.29) is 22.9 Å². The van der Waals surface area contributed by atoms with Gasteiger partial charge in [-0.25, -0.2) is 0 Å². The van der Waals surface area contributed by atoms with Crippen LogP contribution in [0.25, 0.3) is 21.6 Å². The molecule has 1 aliphatic rings. The van der Waals surface area contributed by atoms with Crippen LogP contribution in [0.1, 0.15) is 12.5 Å². The quantitative estimate of drug-likeness (QED) is 0.723. The molecule has 0 spiro atoms. The Morgan fingerprint density at radius 1 is 1.32 bits per heavy atom. The third kappa shape index (κ3) is 3.23. The molecule has 0 bridgehead atoms. The number of nitrogens with zero attached hydrogens (tertiary/aromatic N) is 4. The second-order valence-electron chi connectivity index (χ2n) is 5.84. The lowest BCUT2D eigenvalue weighted by Crippen LogP contribution is -2.17. The number of anilines is 1. The van der Waals surface area contributed by atoms with Gasteiger partial charge in [0.1, 0.15) is 10.8 Å². The number of fused-ring (bicyclic) bond motifs is 1. The van der Waals surface area contributed by atoms with Gasteiger partial charge in [-0.15, -0.1) is 0 Å². The zero-order valence-corrected chi connectivity index (χ0v) is 15.6. The fraction of sp³-hybridized carbons (Fsp3) is 0.105. The number of hydrogen-bond donors (Lipinski definition) is 1. The zero-order valence-electron chi connectivity index (χ0n) is 14.8. The molecule has 28 heavy (non-hydrogen) atoms. The van der Waals surface area contributed by atoms with E-state index >= 15 is 0 Å². The molecule has 1 aliphatic carbocycles. The van der Waals surface area contributed by atoms with Crippen molar-refractivity contribution in [2.45, 2.75) is 6.92 Å². The standard InChI is InChI=1S/C19H15N5O3S/c1-2-27-15-9-11(5-6-14(15)25)8-13-16(20)24-19(22-17(13)26)28-18(23-24)12-4-3-7-21-10-12/h3-10H,2,20H2,1H3. The van der Waals surface area contributed by atoms with Crippen molar-refractivity contribution >= 4 is 34.0 Å². The molecule has 2 N–H and O–H groups in total. The summed E-state index contributed by atoms with van der Waals surface area (Å²) in [7, 11) is 0. The highest BCUT2D eigenvalue weighted by Crippen LogP contribution is 2.26. The highest BCUT2D eigenvalue weighted by atomic mass is 32.1. The van der Waals surface area contributed by atoms with E-state index in [2.05, 4.69) is 15.1 Å². The van der Waals surface area contributed by atoms with Gasteiger partial charge in [0.05, 0.1) is 12.2 Å². The fourth-order valence-electron chi connectivity index (χ4n) is 2.67. The van der Waals surface area contributed by atoms with Crippen LogP contribution < -0.4 is 11.3 Å². The van der Waals surface area contributed by atoms with E-state index in [1.165, 1.54) is 21.9 Å². The van der Waals surface area contributed by atoms with Crippen molar-refractivity contribution < 1.29 is 9.53 Å². The average Bonchev–Trinajstić information content (AvgIpc) is 3.12. The second kappa shape index (κ2) is 7.20.